The van der Waals surface area contributed by atoms with Gasteiger partial charge in [-0.15, -0.1) is 11.3 Å². The molecule has 1 N–H and O–H groups in total. The quantitative estimate of drug-likeness (QED) is 0.765. The van der Waals surface area contributed by atoms with Gasteiger partial charge in [-0.1, -0.05) is 0 Å². The largest absolute Gasteiger partial charge is 0.465 e. The van der Waals surface area contributed by atoms with Crippen molar-refractivity contribution in [2.24, 2.45) is 0 Å². The van der Waals surface area contributed by atoms with Crippen LogP contribution < -0.4 is 5.32 Å². The predicted octanol–water partition coefficient (Wildman–Crippen LogP) is 3.33. The zero-order valence-corrected chi connectivity index (χ0v) is 16.3. The second-order valence-electron chi connectivity index (χ2n) is 6.86. The van der Waals surface area contributed by atoms with E-state index in [0.717, 1.165) is 57.1 Å². The molecule has 1 aliphatic carbocycles. The predicted molar refractivity (Wildman–Crippen MR) is 99.9 cm³/mol. The molecule has 6 nitrogen and oxygen atoms in total. The van der Waals surface area contributed by atoms with Gasteiger partial charge in [0.05, 0.1) is 25.4 Å². The number of amides is 1. The van der Waals surface area contributed by atoms with E-state index in [0.29, 0.717) is 17.2 Å². The number of ether oxygens (including phenoxy) is 3. The summed E-state index contributed by atoms with van der Waals surface area (Å²) in [7, 11) is 1.37. The number of esters is 1. The van der Waals surface area contributed by atoms with E-state index in [1.165, 1.54) is 23.3 Å². The van der Waals surface area contributed by atoms with Crippen LogP contribution in [0.5, 0.6) is 0 Å². The molecule has 0 spiro atoms. The van der Waals surface area contributed by atoms with Gasteiger partial charge < -0.3 is 19.5 Å². The molecule has 1 aromatic heterocycles. The molecule has 2 heterocycles. The van der Waals surface area contributed by atoms with Crippen molar-refractivity contribution in [3.63, 3.8) is 0 Å². The highest BCUT2D eigenvalue weighted by Crippen LogP contribution is 2.38. The Hall–Kier alpha value is -1.44. The average Bonchev–Trinajstić information content (AvgIpc) is 3.04. The lowest BCUT2D eigenvalue weighted by molar-refractivity contribution is -0.130. The Morgan fingerprint density at radius 3 is 2.81 bits per heavy atom. The van der Waals surface area contributed by atoms with Crippen molar-refractivity contribution in [2.45, 2.75) is 64.1 Å². The molecule has 3 rings (SSSR count). The van der Waals surface area contributed by atoms with Crippen LogP contribution in [-0.2, 0) is 31.8 Å². The minimum Gasteiger partial charge on any atom is -0.465 e. The van der Waals surface area contributed by atoms with Crippen LogP contribution in [0.3, 0.4) is 0 Å². The van der Waals surface area contributed by atoms with Crippen LogP contribution in [0, 0.1) is 0 Å². The Kier molecular flexibility index (Phi) is 6.67. The van der Waals surface area contributed by atoms with E-state index in [2.05, 4.69) is 5.32 Å². The lowest BCUT2D eigenvalue weighted by atomic mass is 9.95. The summed E-state index contributed by atoms with van der Waals surface area (Å²) in [6.07, 6.45) is 6.64. The van der Waals surface area contributed by atoms with Gasteiger partial charge >= 0.3 is 5.97 Å². The van der Waals surface area contributed by atoms with Gasteiger partial charge in [0.2, 0.25) is 0 Å². The van der Waals surface area contributed by atoms with Crippen LogP contribution in [0.4, 0.5) is 5.00 Å². The standard InChI is InChI=1S/C19H27NO5S/c1-12(25-11-13-7-5-6-10-24-13)17(21)20-18-16(19(22)23-2)14-8-3-4-9-15(14)26-18/h12-13H,3-11H2,1-2H3,(H,20,21). The number of fused-ring (bicyclic) bond motifs is 1. The highest BCUT2D eigenvalue weighted by atomic mass is 32.1. The van der Waals surface area contributed by atoms with Crippen LogP contribution in [0.25, 0.3) is 0 Å². The molecule has 0 bridgehead atoms. The molecule has 2 atom stereocenters. The van der Waals surface area contributed by atoms with Crippen molar-refractivity contribution in [2.75, 3.05) is 25.6 Å². The number of anilines is 1. The van der Waals surface area contributed by atoms with Gasteiger partial charge in [0, 0.05) is 11.5 Å². The Balaban J connectivity index is 1.64. The number of aryl methyl sites for hydroxylation is 1. The molecule has 1 fully saturated rings. The number of nitrogens with one attached hydrogen (secondary N) is 1. The van der Waals surface area contributed by atoms with Crippen LogP contribution in [0.15, 0.2) is 0 Å². The molecular weight excluding hydrogens is 354 g/mol. The first-order chi connectivity index (χ1) is 12.6. The normalized spacial score (nSPS) is 20.9. The monoisotopic (exact) mass is 381 g/mol. The molecule has 1 aromatic rings. The number of rotatable bonds is 6. The van der Waals surface area contributed by atoms with Gasteiger partial charge in [-0.05, 0) is 57.4 Å². The van der Waals surface area contributed by atoms with E-state index in [-0.39, 0.29) is 18.0 Å². The Morgan fingerprint density at radius 1 is 1.27 bits per heavy atom. The molecule has 144 valence electrons. The maximum Gasteiger partial charge on any atom is 0.341 e. The van der Waals surface area contributed by atoms with Crippen molar-refractivity contribution >= 4 is 28.2 Å². The topological polar surface area (TPSA) is 73.9 Å². The third-order valence-corrected chi connectivity index (χ3v) is 6.18. The van der Waals surface area contributed by atoms with Gasteiger partial charge in [-0.2, -0.15) is 0 Å². The van der Waals surface area contributed by atoms with E-state index in [1.54, 1.807) is 6.92 Å². The lowest BCUT2D eigenvalue weighted by Crippen LogP contribution is -2.32. The number of carbonyl (C=O) groups is 2. The zero-order valence-electron chi connectivity index (χ0n) is 15.5. The summed E-state index contributed by atoms with van der Waals surface area (Å²) >= 11 is 1.48. The molecule has 1 aliphatic heterocycles. The number of hydrogen-bond acceptors (Lipinski definition) is 6. The summed E-state index contributed by atoms with van der Waals surface area (Å²) in [6.45, 7) is 2.90. The lowest BCUT2D eigenvalue weighted by Gasteiger charge is -2.23. The van der Waals surface area contributed by atoms with Crippen molar-refractivity contribution < 1.29 is 23.8 Å². The first-order valence-electron chi connectivity index (χ1n) is 9.37. The summed E-state index contributed by atoms with van der Waals surface area (Å²) in [4.78, 5) is 26.0. The Bertz CT molecular complexity index is 651. The highest BCUT2D eigenvalue weighted by Gasteiger charge is 2.28. The molecular formula is C19H27NO5S. The molecule has 0 radical (unpaired) electrons. The van der Waals surface area contributed by atoms with Gasteiger partial charge in [0.25, 0.3) is 5.91 Å². The van der Waals surface area contributed by atoms with E-state index in [1.807, 2.05) is 0 Å². The molecule has 1 saturated heterocycles. The Labute approximate surface area is 158 Å². The number of methoxy groups -OCH3 is 1. The van der Waals surface area contributed by atoms with Gasteiger partial charge in [-0.25, -0.2) is 4.79 Å². The minimum absolute atomic E-state index is 0.0682. The fourth-order valence-electron chi connectivity index (χ4n) is 3.45. The van der Waals surface area contributed by atoms with E-state index in [9.17, 15) is 9.59 Å². The first-order valence-corrected chi connectivity index (χ1v) is 10.2. The van der Waals surface area contributed by atoms with Gasteiger partial charge in [0.15, 0.2) is 0 Å². The Morgan fingerprint density at radius 2 is 2.08 bits per heavy atom. The molecule has 26 heavy (non-hydrogen) atoms. The maximum atomic E-state index is 12.5. The van der Waals surface area contributed by atoms with E-state index in [4.69, 9.17) is 14.2 Å². The average molecular weight is 381 g/mol. The fourth-order valence-corrected chi connectivity index (χ4v) is 4.73. The third kappa shape index (κ3) is 4.45. The van der Waals surface area contributed by atoms with E-state index >= 15 is 0 Å². The third-order valence-electron chi connectivity index (χ3n) is 4.97. The zero-order chi connectivity index (χ0) is 18.5. The molecule has 1 amide bonds. The smallest absolute Gasteiger partial charge is 0.341 e. The van der Waals surface area contributed by atoms with Crippen molar-refractivity contribution in [3.8, 4) is 0 Å². The molecule has 0 saturated carbocycles. The van der Waals surface area contributed by atoms with Crippen molar-refractivity contribution in [1.29, 1.82) is 0 Å². The summed E-state index contributed by atoms with van der Waals surface area (Å²) < 4.78 is 16.3. The SMILES string of the molecule is COC(=O)c1c(NC(=O)C(C)OCC2CCCCO2)sc2c1CCCC2. The number of thiophene rings is 1. The molecule has 2 unspecified atom stereocenters. The van der Waals surface area contributed by atoms with Gasteiger partial charge in [-0.3, -0.25) is 4.79 Å². The molecule has 2 aliphatic rings. The summed E-state index contributed by atoms with van der Waals surface area (Å²) in [5.41, 5.74) is 1.55. The number of carbonyl (C=O) groups excluding carboxylic acids is 2. The fraction of sp³-hybridized carbons (Fsp3) is 0.684. The minimum atomic E-state index is -0.606. The van der Waals surface area contributed by atoms with Crippen LogP contribution in [0.2, 0.25) is 0 Å². The van der Waals surface area contributed by atoms with Crippen LogP contribution in [0.1, 0.15) is 59.8 Å². The second-order valence-corrected chi connectivity index (χ2v) is 7.97. The summed E-state index contributed by atoms with van der Waals surface area (Å²) in [5, 5.41) is 3.46. The van der Waals surface area contributed by atoms with Crippen molar-refractivity contribution in [1.82, 2.24) is 0 Å². The molecule has 7 heteroatoms. The number of hydrogen-bond donors (Lipinski definition) is 1. The van der Waals surface area contributed by atoms with Gasteiger partial charge in [0.1, 0.15) is 11.1 Å². The summed E-state index contributed by atoms with van der Waals surface area (Å²) in [6, 6.07) is 0. The van der Waals surface area contributed by atoms with Crippen LogP contribution in [-0.4, -0.2) is 44.4 Å². The maximum absolute atomic E-state index is 12.5. The summed E-state index contributed by atoms with van der Waals surface area (Å²) in [5.74, 6) is -0.631. The molecule has 0 aromatic carbocycles. The van der Waals surface area contributed by atoms with Crippen LogP contribution >= 0.6 is 11.3 Å². The van der Waals surface area contributed by atoms with E-state index < -0.39 is 6.10 Å². The highest BCUT2D eigenvalue weighted by molar-refractivity contribution is 7.17. The van der Waals surface area contributed by atoms with Crippen molar-refractivity contribution in [3.05, 3.63) is 16.0 Å². The first kappa shape index (κ1) is 19.3. The second kappa shape index (κ2) is 8.97.